The van der Waals surface area contributed by atoms with E-state index >= 15 is 0 Å². The third-order valence-electron chi connectivity index (χ3n) is 1.71. The SMILES string of the molecule is Cc1c(F)c(F)c(CBr)c(F)c1F. The molecule has 0 nitrogen and oxygen atoms in total. The van der Waals surface area contributed by atoms with Crippen molar-refractivity contribution in [3.8, 4) is 0 Å². The summed E-state index contributed by atoms with van der Waals surface area (Å²) in [5.41, 5.74) is -1.26. The molecule has 0 bridgehead atoms. The molecule has 0 saturated carbocycles. The zero-order chi connectivity index (χ0) is 10.2. The van der Waals surface area contributed by atoms with Gasteiger partial charge in [0.2, 0.25) is 0 Å². The van der Waals surface area contributed by atoms with Gasteiger partial charge in [-0.15, -0.1) is 0 Å². The standard InChI is InChI=1S/C8H5BrF4/c1-3-5(10)7(12)4(2-9)8(13)6(3)11/h2H2,1H3. The highest BCUT2D eigenvalue weighted by Crippen LogP contribution is 2.24. The molecule has 0 aromatic heterocycles. The monoisotopic (exact) mass is 256 g/mol. The van der Waals surface area contributed by atoms with E-state index in [9.17, 15) is 17.6 Å². The van der Waals surface area contributed by atoms with Crippen LogP contribution < -0.4 is 0 Å². The number of rotatable bonds is 1. The molecule has 0 amide bonds. The van der Waals surface area contributed by atoms with E-state index in [0.717, 1.165) is 6.92 Å². The molecule has 72 valence electrons. The van der Waals surface area contributed by atoms with Crippen molar-refractivity contribution in [1.82, 2.24) is 0 Å². The second kappa shape index (κ2) is 3.65. The van der Waals surface area contributed by atoms with Crippen LogP contribution >= 0.6 is 15.9 Å². The highest BCUT2D eigenvalue weighted by molar-refractivity contribution is 9.08. The molecular formula is C8H5BrF4. The summed E-state index contributed by atoms with van der Waals surface area (Å²) in [6.45, 7) is 0.981. The minimum absolute atomic E-state index is 0.265. The Morgan fingerprint density at radius 1 is 0.923 bits per heavy atom. The van der Waals surface area contributed by atoms with Crippen molar-refractivity contribution in [3.05, 3.63) is 34.4 Å². The molecule has 0 radical (unpaired) electrons. The second-order valence-corrected chi connectivity index (χ2v) is 3.05. The number of benzene rings is 1. The van der Waals surface area contributed by atoms with Gasteiger partial charge in [0, 0.05) is 16.5 Å². The van der Waals surface area contributed by atoms with E-state index in [1.807, 2.05) is 0 Å². The van der Waals surface area contributed by atoms with Gasteiger partial charge in [0.25, 0.3) is 0 Å². The molecule has 0 aliphatic rings. The van der Waals surface area contributed by atoms with E-state index in [2.05, 4.69) is 15.9 Å². The molecule has 13 heavy (non-hydrogen) atoms. The normalized spacial score (nSPS) is 10.6. The first-order valence-electron chi connectivity index (χ1n) is 3.38. The fraction of sp³-hybridized carbons (Fsp3) is 0.250. The number of hydrogen-bond donors (Lipinski definition) is 0. The largest absolute Gasteiger partial charge is 0.203 e. The maximum absolute atomic E-state index is 12.9. The van der Waals surface area contributed by atoms with E-state index in [1.165, 1.54) is 0 Å². The van der Waals surface area contributed by atoms with E-state index in [1.54, 1.807) is 0 Å². The van der Waals surface area contributed by atoms with Crippen molar-refractivity contribution >= 4 is 15.9 Å². The van der Waals surface area contributed by atoms with Gasteiger partial charge in [-0.05, 0) is 6.92 Å². The Bertz CT molecular complexity index is 319. The van der Waals surface area contributed by atoms with Crippen LogP contribution in [0.1, 0.15) is 11.1 Å². The first-order chi connectivity index (χ1) is 6.00. The molecule has 0 spiro atoms. The Kier molecular flexibility index (Phi) is 2.95. The second-order valence-electron chi connectivity index (χ2n) is 2.49. The fourth-order valence-corrected chi connectivity index (χ4v) is 1.40. The van der Waals surface area contributed by atoms with Crippen molar-refractivity contribution in [2.45, 2.75) is 12.3 Å². The maximum Gasteiger partial charge on any atom is 0.166 e. The van der Waals surface area contributed by atoms with Crippen molar-refractivity contribution in [2.24, 2.45) is 0 Å². The minimum Gasteiger partial charge on any atom is -0.203 e. The van der Waals surface area contributed by atoms with Crippen LogP contribution in [-0.4, -0.2) is 0 Å². The molecule has 0 N–H and O–H groups in total. The summed E-state index contributed by atoms with van der Waals surface area (Å²) in [6, 6.07) is 0. The zero-order valence-electron chi connectivity index (χ0n) is 6.60. The van der Waals surface area contributed by atoms with Crippen LogP contribution in [0.15, 0.2) is 0 Å². The molecule has 0 heterocycles. The number of alkyl halides is 1. The minimum atomic E-state index is -1.34. The van der Waals surface area contributed by atoms with E-state index in [-0.39, 0.29) is 5.33 Å². The molecule has 0 atom stereocenters. The third kappa shape index (κ3) is 1.57. The molecule has 0 unspecified atom stereocenters. The average molecular weight is 257 g/mol. The molecule has 0 aliphatic carbocycles. The highest BCUT2D eigenvalue weighted by atomic mass is 79.9. The summed E-state index contributed by atoms with van der Waals surface area (Å²) < 4.78 is 51.4. The molecule has 1 aromatic rings. The lowest BCUT2D eigenvalue weighted by Gasteiger charge is -2.06. The Balaban J connectivity index is 3.56. The Morgan fingerprint density at radius 3 is 1.62 bits per heavy atom. The smallest absolute Gasteiger partial charge is 0.166 e. The molecule has 1 rings (SSSR count). The van der Waals surface area contributed by atoms with Gasteiger partial charge in [0.05, 0.1) is 0 Å². The molecule has 5 heteroatoms. The molecule has 0 saturated heterocycles. The number of halogens is 5. The van der Waals surface area contributed by atoms with E-state index in [0.29, 0.717) is 0 Å². The number of hydrogen-bond acceptors (Lipinski definition) is 0. The van der Waals surface area contributed by atoms with Crippen LogP contribution in [0.5, 0.6) is 0 Å². The summed E-state index contributed by atoms with van der Waals surface area (Å²) >= 11 is 2.74. The predicted octanol–water partition coefficient (Wildman–Crippen LogP) is 3.45. The fourth-order valence-electron chi connectivity index (χ4n) is 0.904. The van der Waals surface area contributed by atoms with E-state index < -0.39 is 34.4 Å². The first kappa shape index (κ1) is 10.5. The Labute approximate surface area is 80.7 Å². The Hall–Kier alpha value is -0.580. The highest BCUT2D eigenvalue weighted by Gasteiger charge is 2.21. The Morgan fingerprint density at radius 2 is 1.31 bits per heavy atom. The topological polar surface area (TPSA) is 0 Å². The predicted molar refractivity (Wildman–Crippen MR) is 43.6 cm³/mol. The summed E-state index contributed by atoms with van der Waals surface area (Å²) in [7, 11) is 0. The van der Waals surface area contributed by atoms with Gasteiger partial charge in [0.1, 0.15) is 0 Å². The molecular weight excluding hydrogens is 252 g/mol. The van der Waals surface area contributed by atoms with Crippen molar-refractivity contribution in [1.29, 1.82) is 0 Å². The van der Waals surface area contributed by atoms with Crippen LogP contribution in [0.4, 0.5) is 17.6 Å². The van der Waals surface area contributed by atoms with Gasteiger partial charge in [-0.2, -0.15) is 0 Å². The lowest BCUT2D eigenvalue weighted by molar-refractivity contribution is 0.436. The van der Waals surface area contributed by atoms with Crippen molar-refractivity contribution < 1.29 is 17.6 Å². The molecule has 0 aliphatic heterocycles. The summed E-state index contributed by atoms with van der Waals surface area (Å²) in [5.74, 6) is -5.36. The van der Waals surface area contributed by atoms with Crippen LogP contribution in [0, 0.1) is 30.2 Å². The first-order valence-corrected chi connectivity index (χ1v) is 4.50. The van der Waals surface area contributed by atoms with Crippen LogP contribution in [-0.2, 0) is 5.33 Å². The van der Waals surface area contributed by atoms with Crippen molar-refractivity contribution in [2.75, 3.05) is 0 Å². The van der Waals surface area contributed by atoms with Gasteiger partial charge < -0.3 is 0 Å². The van der Waals surface area contributed by atoms with Gasteiger partial charge >= 0.3 is 0 Å². The summed E-state index contributed by atoms with van der Waals surface area (Å²) in [6.07, 6.45) is 0. The van der Waals surface area contributed by atoms with Crippen molar-refractivity contribution in [3.63, 3.8) is 0 Å². The zero-order valence-corrected chi connectivity index (χ0v) is 8.18. The molecule has 0 fully saturated rings. The average Bonchev–Trinajstić information content (AvgIpc) is 2.13. The van der Waals surface area contributed by atoms with Crippen LogP contribution in [0.3, 0.4) is 0 Å². The lowest BCUT2D eigenvalue weighted by Crippen LogP contribution is -2.04. The quantitative estimate of drug-likeness (QED) is 0.410. The maximum atomic E-state index is 12.9. The lowest BCUT2D eigenvalue weighted by atomic mass is 10.1. The van der Waals surface area contributed by atoms with Gasteiger partial charge in [0.15, 0.2) is 23.3 Å². The molecule has 1 aromatic carbocycles. The third-order valence-corrected chi connectivity index (χ3v) is 2.27. The summed E-state index contributed by atoms with van der Waals surface area (Å²) in [4.78, 5) is 0. The van der Waals surface area contributed by atoms with Crippen LogP contribution in [0.25, 0.3) is 0 Å². The van der Waals surface area contributed by atoms with Gasteiger partial charge in [-0.25, -0.2) is 17.6 Å². The van der Waals surface area contributed by atoms with Gasteiger partial charge in [-0.1, -0.05) is 15.9 Å². The summed E-state index contributed by atoms with van der Waals surface area (Å²) in [5, 5.41) is -0.265. The van der Waals surface area contributed by atoms with E-state index in [4.69, 9.17) is 0 Å². The van der Waals surface area contributed by atoms with Gasteiger partial charge in [-0.3, -0.25) is 0 Å². The van der Waals surface area contributed by atoms with Crippen LogP contribution in [0.2, 0.25) is 0 Å².